The minimum absolute atomic E-state index is 0.380. The van der Waals surface area contributed by atoms with E-state index in [4.69, 9.17) is 4.74 Å². The van der Waals surface area contributed by atoms with Crippen molar-refractivity contribution in [2.45, 2.75) is 38.5 Å². The zero-order valence-electron chi connectivity index (χ0n) is 11.2. The van der Waals surface area contributed by atoms with Crippen LogP contribution in [0.15, 0.2) is 42.0 Å². The van der Waals surface area contributed by atoms with Gasteiger partial charge in [-0.15, -0.1) is 0 Å². The fraction of sp³-hybridized carbons (Fsp3) is 0.438. The maximum absolute atomic E-state index is 11.6. The van der Waals surface area contributed by atoms with Crippen LogP contribution < -0.4 is 5.32 Å². The van der Waals surface area contributed by atoms with Crippen molar-refractivity contribution >= 4 is 11.8 Å². The van der Waals surface area contributed by atoms with Crippen LogP contribution in [-0.4, -0.2) is 12.7 Å². The molecule has 1 amide bonds. The molecule has 0 saturated carbocycles. The van der Waals surface area contributed by atoms with Gasteiger partial charge in [0.1, 0.15) is 6.61 Å². The quantitative estimate of drug-likeness (QED) is 0.811. The van der Waals surface area contributed by atoms with Crippen LogP contribution in [0.2, 0.25) is 0 Å². The second-order valence-electron chi connectivity index (χ2n) is 4.88. The van der Waals surface area contributed by atoms with E-state index in [1.165, 1.54) is 31.3 Å². The predicted octanol–water partition coefficient (Wildman–Crippen LogP) is 4.52. The average Bonchev–Trinajstić information content (AvgIpc) is 2.38. The summed E-state index contributed by atoms with van der Waals surface area (Å²) in [6.07, 6.45) is 9.07. The third-order valence-electron chi connectivity index (χ3n) is 3.29. The van der Waals surface area contributed by atoms with E-state index in [1.54, 1.807) is 0 Å². The summed E-state index contributed by atoms with van der Waals surface area (Å²) < 4.78 is 5.26. The highest BCUT2D eigenvalue weighted by Gasteiger charge is 2.06. The topological polar surface area (TPSA) is 38.3 Å². The van der Waals surface area contributed by atoms with Crippen LogP contribution in [-0.2, 0) is 4.74 Å². The summed E-state index contributed by atoms with van der Waals surface area (Å²) in [4.78, 5) is 11.6. The number of carbonyl (C=O) groups excluding carboxylic acids is 1. The van der Waals surface area contributed by atoms with Gasteiger partial charge in [0.25, 0.3) is 0 Å². The van der Waals surface area contributed by atoms with Crippen molar-refractivity contribution in [3.63, 3.8) is 0 Å². The zero-order chi connectivity index (χ0) is 13.3. The Balaban J connectivity index is 1.76. The van der Waals surface area contributed by atoms with E-state index in [9.17, 15) is 4.79 Å². The fourth-order valence-corrected chi connectivity index (χ4v) is 2.22. The summed E-state index contributed by atoms with van der Waals surface area (Å²) in [5.41, 5.74) is 2.02. The molecular formula is C16H21NO2. The second kappa shape index (κ2) is 7.62. The monoisotopic (exact) mass is 259 g/mol. The number of hydrogen-bond acceptors (Lipinski definition) is 2. The van der Waals surface area contributed by atoms with E-state index >= 15 is 0 Å². The molecule has 0 atom stereocenters. The number of anilines is 1. The van der Waals surface area contributed by atoms with Gasteiger partial charge >= 0.3 is 6.09 Å². The van der Waals surface area contributed by atoms with Crippen molar-refractivity contribution in [3.8, 4) is 0 Å². The summed E-state index contributed by atoms with van der Waals surface area (Å²) in [5.74, 6) is 0. The summed E-state index contributed by atoms with van der Waals surface area (Å²) >= 11 is 0. The normalized spacial score (nSPS) is 18.6. The Labute approximate surface area is 114 Å². The molecule has 19 heavy (non-hydrogen) atoms. The SMILES string of the molecule is O=C(Nc1ccccc1)OC/C1=C/CCCCCC1. The molecule has 1 N–H and O–H groups in total. The largest absolute Gasteiger partial charge is 0.445 e. The van der Waals surface area contributed by atoms with Gasteiger partial charge in [-0.2, -0.15) is 0 Å². The summed E-state index contributed by atoms with van der Waals surface area (Å²) in [6.45, 7) is 0.415. The molecule has 0 heterocycles. The number of para-hydroxylation sites is 1. The number of carbonyl (C=O) groups is 1. The Morgan fingerprint density at radius 1 is 1.11 bits per heavy atom. The van der Waals surface area contributed by atoms with E-state index in [0.717, 1.165) is 18.5 Å². The third-order valence-corrected chi connectivity index (χ3v) is 3.29. The molecule has 0 radical (unpaired) electrons. The number of hydrogen-bond donors (Lipinski definition) is 1. The number of benzene rings is 1. The minimum Gasteiger partial charge on any atom is -0.445 e. The minimum atomic E-state index is -0.380. The Morgan fingerprint density at radius 2 is 1.89 bits per heavy atom. The molecule has 0 saturated heterocycles. The first-order chi connectivity index (χ1) is 9.34. The lowest BCUT2D eigenvalue weighted by atomic mass is 10.0. The van der Waals surface area contributed by atoms with Crippen molar-refractivity contribution in [2.75, 3.05) is 11.9 Å². The molecule has 1 aromatic rings. The lowest BCUT2D eigenvalue weighted by Gasteiger charge is -2.12. The fourth-order valence-electron chi connectivity index (χ4n) is 2.22. The van der Waals surface area contributed by atoms with E-state index in [0.29, 0.717) is 6.61 Å². The molecule has 0 aliphatic heterocycles. The third kappa shape index (κ3) is 5.16. The van der Waals surface area contributed by atoms with Crippen LogP contribution in [0, 0.1) is 0 Å². The van der Waals surface area contributed by atoms with Crippen molar-refractivity contribution in [3.05, 3.63) is 42.0 Å². The summed E-state index contributed by atoms with van der Waals surface area (Å²) in [5, 5.41) is 2.72. The Hall–Kier alpha value is -1.77. The molecule has 3 nitrogen and oxygen atoms in total. The molecule has 1 aliphatic rings. The molecule has 0 bridgehead atoms. The van der Waals surface area contributed by atoms with Crippen LogP contribution in [0.5, 0.6) is 0 Å². The van der Waals surface area contributed by atoms with Crippen LogP contribution in [0.25, 0.3) is 0 Å². The first-order valence-electron chi connectivity index (χ1n) is 7.01. The van der Waals surface area contributed by atoms with Gasteiger partial charge in [0.15, 0.2) is 0 Å². The number of ether oxygens (including phenoxy) is 1. The molecule has 3 heteroatoms. The standard InChI is InChI=1S/C16H21NO2/c18-16(17-15-11-7-4-8-12-15)19-13-14-9-5-2-1-3-6-10-14/h4,7-9,11-12H,1-3,5-6,10,13H2,(H,17,18)/b14-9+. The van der Waals surface area contributed by atoms with Crippen LogP contribution in [0.4, 0.5) is 10.5 Å². The first-order valence-corrected chi connectivity index (χ1v) is 7.01. The van der Waals surface area contributed by atoms with Gasteiger partial charge in [0.2, 0.25) is 0 Å². The predicted molar refractivity (Wildman–Crippen MR) is 77.2 cm³/mol. The molecule has 0 unspecified atom stereocenters. The maximum atomic E-state index is 11.6. The molecule has 0 fully saturated rings. The second-order valence-corrected chi connectivity index (χ2v) is 4.88. The molecular weight excluding hydrogens is 238 g/mol. The Kier molecular flexibility index (Phi) is 5.48. The first kappa shape index (κ1) is 13.7. The zero-order valence-corrected chi connectivity index (χ0v) is 11.2. The highest BCUT2D eigenvalue weighted by atomic mass is 16.5. The van der Waals surface area contributed by atoms with Crippen molar-refractivity contribution < 1.29 is 9.53 Å². The number of amides is 1. The number of nitrogens with one attached hydrogen (secondary N) is 1. The summed E-state index contributed by atoms with van der Waals surface area (Å²) in [6, 6.07) is 9.36. The van der Waals surface area contributed by atoms with Gasteiger partial charge in [-0.05, 0) is 43.4 Å². The van der Waals surface area contributed by atoms with Crippen molar-refractivity contribution in [2.24, 2.45) is 0 Å². The molecule has 1 aromatic carbocycles. The molecule has 1 aliphatic carbocycles. The van der Waals surface area contributed by atoms with Gasteiger partial charge < -0.3 is 4.74 Å². The lowest BCUT2D eigenvalue weighted by Crippen LogP contribution is -2.15. The maximum Gasteiger partial charge on any atom is 0.411 e. The Morgan fingerprint density at radius 3 is 2.74 bits per heavy atom. The smallest absolute Gasteiger partial charge is 0.411 e. The van der Waals surface area contributed by atoms with Gasteiger partial charge in [-0.25, -0.2) is 4.79 Å². The average molecular weight is 259 g/mol. The highest BCUT2D eigenvalue weighted by molar-refractivity contribution is 5.84. The van der Waals surface area contributed by atoms with Gasteiger partial charge in [-0.3, -0.25) is 5.32 Å². The summed E-state index contributed by atoms with van der Waals surface area (Å²) in [7, 11) is 0. The number of allylic oxidation sites excluding steroid dienone is 1. The van der Waals surface area contributed by atoms with Crippen LogP contribution >= 0.6 is 0 Å². The lowest BCUT2D eigenvalue weighted by molar-refractivity contribution is 0.170. The molecule has 102 valence electrons. The van der Waals surface area contributed by atoms with Gasteiger partial charge in [-0.1, -0.05) is 37.1 Å². The van der Waals surface area contributed by atoms with Gasteiger partial charge in [0.05, 0.1) is 0 Å². The number of rotatable bonds is 3. The van der Waals surface area contributed by atoms with Gasteiger partial charge in [0, 0.05) is 5.69 Å². The van der Waals surface area contributed by atoms with Crippen molar-refractivity contribution in [1.29, 1.82) is 0 Å². The van der Waals surface area contributed by atoms with Crippen LogP contribution in [0.1, 0.15) is 38.5 Å². The van der Waals surface area contributed by atoms with E-state index < -0.39 is 0 Å². The van der Waals surface area contributed by atoms with Crippen LogP contribution in [0.3, 0.4) is 0 Å². The highest BCUT2D eigenvalue weighted by Crippen LogP contribution is 2.17. The van der Waals surface area contributed by atoms with E-state index in [-0.39, 0.29) is 6.09 Å². The van der Waals surface area contributed by atoms with E-state index in [2.05, 4.69) is 11.4 Å². The van der Waals surface area contributed by atoms with Crippen molar-refractivity contribution in [1.82, 2.24) is 0 Å². The van der Waals surface area contributed by atoms with E-state index in [1.807, 2.05) is 30.3 Å². The molecule has 0 aromatic heterocycles. The Bertz CT molecular complexity index is 426. The molecule has 2 rings (SSSR count). The molecule has 0 spiro atoms.